The lowest BCUT2D eigenvalue weighted by atomic mass is 9.79. The highest BCUT2D eigenvalue weighted by Gasteiger charge is 2.48. The molecule has 1 aliphatic carbocycles. The standard InChI is InChI=1S/C24H38O3/c1-3-5-13-19-26-24(27-20-14-6-4-2,22-17-11-8-12-18-22)23(25)21-15-9-7-10-16-21/h7,9-10,15-16,22H,3-6,8,11-14,17-20H2,1-2H3. The monoisotopic (exact) mass is 374 g/mol. The molecule has 0 unspecified atom stereocenters. The molecule has 0 amide bonds. The van der Waals surface area contributed by atoms with Gasteiger partial charge in [0.2, 0.25) is 11.6 Å². The van der Waals surface area contributed by atoms with E-state index in [1.165, 1.54) is 6.42 Å². The van der Waals surface area contributed by atoms with Crippen molar-refractivity contribution in [2.45, 2.75) is 90.3 Å². The number of hydrogen-bond donors (Lipinski definition) is 0. The molecule has 0 N–H and O–H groups in total. The average molecular weight is 375 g/mol. The number of benzene rings is 1. The van der Waals surface area contributed by atoms with Crippen molar-refractivity contribution in [2.24, 2.45) is 5.92 Å². The molecule has 0 saturated heterocycles. The van der Waals surface area contributed by atoms with Gasteiger partial charge in [-0.05, 0) is 25.7 Å². The molecule has 0 radical (unpaired) electrons. The molecule has 3 heteroatoms. The van der Waals surface area contributed by atoms with Crippen LogP contribution in [0.15, 0.2) is 30.3 Å². The normalized spacial score (nSPS) is 15.8. The smallest absolute Gasteiger partial charge is 0.236 e. The second-order valence-corrected chi connectivity index (χ2v) is 7.81. The van der Waals surface area contributed by atoms with Gasteiger partial charge in [-0.1, -0.05) is 89.1 Å². The van der Waals surface area contributed by atoms with Crippen LogP contribution in [0.5, 0.6) is 0 Å². The molecular formula is C24H38O3. The molecule has 1 aromatic carbocycles. The minimum Gasteiger partial charge on any atom is -0.343 e. The number of hydrogen-bond acceptors (Lipinski definition) is 3. The summed E-state index contributed by atoms with van der Waals surface area (Å²) in [5.74, 6) is -0.936. The molecule has 1 fully saturated rings. The predicted octanol–water partition coefficient (Wildman–Crippen LogP) is 6.56. The predicted molar refractivity (Wildman–Crippen MR) is 111 cm³/mol. The quantitative estimate of drug-likeness (QED) is 0.223. The van der Waals surface area contributed by atoms with E-state index in [2.05, 4.69) is 13.8 Å². The van der Waals surface area contributed by atoms with E-state index in [0.717, 1.165) is 64.2 Å². The van der Waals surface area contributed by atoms with Gasteiger partial charge in [0.25, 0.3) is 0 Å². The Balaban J connectivity index is 2.25. The van der Waals surface area contributed by atoms with Gasteiger partial charge in [0.1, 0.15) is 0 Å². The molecule has 0 bridgehead atoms. The Morgan fingerprint density at radius 1 is 0.889 bits per heavy atom. The molecule has 1 aliphatic rings. The number of carbonyl (C=O) groups excluding carboxylic acids is 1. The Kier molecular flexibility index (Phi) is 10.1. The summed E-state index contributed by atoms with van der Waals surface area (Å²) in [6.07, 6.45) is 12.1. The molecule has 0 heterocycles. The number of carbonyl (C=O) groups is 1. The number of ketones is 1. The Morgan fingerprint density at radius 3 is 1.96 bits per heavy atom. The first-order chi connectivity index (χ1) is 13.2. The van der Waals surface area contributed by atoms with Gasteiger partial charge < -0.3 is 9.47 Å². The molecule has 0 spiro atoms. The average Bonchev–Trinajstić information content (AvgIpc) is 2.73. The van der Waals surface area contributed by atoms with E-state index in [9.17, 15) is 4.79 Å². The minimum atomic E-state index is -1.11. The summed E-state index contributed by atoms with van der Waals surface area (Å²) in [6, 6.07) is 9.58. The van der Waals surface area contributed by atoms with Crippen LogP contribution in [0.2, 0.25) is 0 Å². The summed E-state index contributed by atoms with van der Waals surface area (Å²) in [5.41, 5.74) is 0.703. The maximum atomic E-state index is 13.6. The van der Waals surface area contributed by atoms with Crippen LogP contribution >= 0.6 is 0 Å². The van der Waals surface area contributed by atoms with Gasteiger partial charge in [0.05, 0.1) is 13.2 Å². The summed E-state index contributed by atoms with van der Waals surface area (Å²) in [6.45, 7) is 5.56. The van der Waals surface area contributed by atoms with E-state index in [1.807, 2.05) is 30.3 Å². The van der Waals surface area contributed by atoms with Crippen LogP contribution in [0.4, 0.5) is 0 Å². The topological polar surface area (TPSA) is 35.5 Å². The largest absolute Gasteiger partial charge is 0.343 e. The first-order valence-electron chi connectivity index (χ1n) is 11.1. The maximum absolute atomic E-state index is 13.6. The Labute approximate surface area is 165 Å². The molecule has 1 saturated carbocycles. The van der Waals surface area contributed by atoms with Crippen molar-refractivity contribution < 1.29 is 14.3 Å². The van der Waals surface area contributed by atoms with Crippen LogP contribution in [-0.4, -0.2) is 24.8 Å². The molecule has 152 valence electrons. The summed E-state index contributed by atoms with van der Waals surface area (Å²) in [4.78, 5) is 13.6. The summed E-state index contributed by atoms with van der Waals surface area (Å²) >= 11 is 0. The fourth-order valence-corrected chi connectivity index (χ4v) is 4.02. The zero-order chi connectivity index (χ0) is 19.4. The lowest BCUT2D eigenvalue weighted by Crippen LogP contribution is -2.52. The van der Waals surface area contributed by atoms with Crippen LogP contribution in [0.25, 0.3) is 0 Å². The van der Waals surface area contributed by atoms with Crippen LogP contribution in [-0.2, 0) is 9.47 Å². The molecular weight excluding hydrogens is 336 g/mol. The molecule has 27 heavy (non-hydrogen) atoms. The van der Waals surface area contributed by atoms with Crippen molar-refractivity contribution in [3.63, 3.8) is 0 Å². The lowest BCUT2D eigenvalue weighted by molar-refractivity contribution is -0.236. The SMILES string of the molecule is CCCCCOC(OCCCCC)(C(=O)c1ccccc1)C1CCCCC1. The zero-order valence-corrected chi connectivity index (χ0v) is 17.4. The maximum Gasteiger partial charge on any atom is 0.236 e. The van der Waals surface area contributed by atoms with E-state index in [1.54, 1.807) is 0 Å². The molecule has 1 aromatic rings. The van der Waals surface area contributed by atoms with Gasteiger partial charge in [0, 0.05) is 11.5 Å². The highest BCUT2D eigenvalue weighted by Crippen LogP contribution is 2.39. The summed E-state index contributed by atoms with van der Waals surface area (Å²) in [7, 11) is 0. The fraction of sp³-hybridized carbons (Fsp3) is 0.708. The van der Waals surface area contributed by atoms with Crippen LogP contribution < -0.4 is 0 Å². The van der Waals surface area contributed by atoms with Gasteiger partial charge in [-0.2, -0.15) is 0 Å². The van der Waals surface area contributed by atoms with Crippen LogP contribution in [0.3, 0.4) is 0 Å². The van der Waals surface area contributed by atoms with Crippen molar-refractivity contribution in [1.29, 1.82) is 0 Å². The second-order valence-electron chi connectivity index (χ2n) is 7.81. The third-order valence-corrected chi connectivity index (χ3v) is 5.62. The van der Waals surface area contributed by atoms with E-state index in [-0.39, 0.29) is 11.7 Å². The Morgan fingerprint density at radius 2 is 1.44 bits per heavy atom. The number of unbranched alkanes of at least 4 members (excludes halogenated alkanes) is 4. The Bertz CT molecular complexity index is 508. The first kappa shape index (κ1) is 22.1. The highest BCUT2D eigenvalue weighted by atomic mass is 16.7. The first-order valence-corrected chi connectivity index (χ1v) is 11.1. The molecule has 0 aromatic heterocycles. The molecule has 0 aliphatic heterocycles. The Hall–Kier alpha value is -1.19. The van der Waals surface area contributed by atoms with Crippen molar-refractivity contribution in [3.8, 4) is 0 Å². The van der Waals surface area contributed by atoms with Gasteiger partial charge in [-0.25, -0.2) is 0 Å². The van der Waals surface area contributed by atoms with Crippen molar-refractivity contribution in [2.75, 3.05) is 13.2 Å². The summed E-state index contributed by atoms with van der Waals surface area (Å²) < 4.78 is 12.8. The van der Waals surface area contributed by atoms with E-state index >= 15 is 0 Å². The van der Waals surface area contributed by atoms with Crippen molar-refractivity contribution >= 4 is 5.78 Å². The number of ether oxygens (including phenoxy) is 2. The summed E-state index contributed by atoms with van der Waals surface area (Å²) in [5, 5.41) is 0. The lowest BCUT2D eigenvalue weighted by Gasteiger charge is -2.41. The zero-order valence-electron chi connectivity index (χ0n) is 17.4. The van der Waals surface area contributed by atoms with Crippen LogP contribution in [0.1, 0.15) is 94.8 Å². The highest BCUT2D eigenvalue weighted by molar-refractivity contribution is 6.01. The van der Waals surface area contributed by atoms with Gasteiger partial charge in [-0.15, -0.1) is 0 Å². The van der Waals surface area contributed by atoms with Gasteiger partial charge in [0.15, 0.2) is 0 Å². The third kappa shape index (κ3) is 6.43. The molecule has 2 rings (SSSR count). The van der Waals surface area contributed by atoms with Crippen LogP contribution in [0, 0.1) is 5.92 Å². The van der Waals surface area contributed by atoms with Gasteiger partial charge in [-0.3, -0.25) is 4.79 Å². The van der Waals surface area contributed by atoms with Crippen molar-refractivity contribution in [3.05, 3.63) is 35.9 Å². The van der Waals surface area contributed by atoms with E-state index in [0.29, 0.717) is 18.8 Å². The van der Waals surface area contributed by atoms with E-state index in [4.69, 9.17) is 9.47 Å². The van der Waals surface area contributed by atoms with E-state index < -0.39 is 5.79 Å². The minimum absolute atomic E-state index is 0.0167. The molecule has 3 nitrogen and oxygen atoms in total. The number of rotatable bonds is 13. The second kappa shape index (κ2) is 12.3. The van der Waals surface area contributed by atoms with Gasteiger partial charge >= 0.3 is 0 Å². The van der Waals surface area contributed by atoms with Crippen molar-refractivity contribution in [1.82, 2.24) is 0 Å². The third-order valence-electron chi connectivity index (χ3n) is 5.62. The fourth-order valence-electron chi connectivity index (χ4n) is 4.02. The number of Topliss-reactive ketones (excluding diaryl/α,β-unsaturated/α-hetero) is 1. The molecule has 0 atom stereocenters.